The van der Waals surface area contributed by atoms with Gasteiger partial charge < -0.3 is 14.8 Å². The van der Waals surface area contributed by atoms with E-state index < -0.39 is 17.1 Å². The highest BCUT2D eigenvalue weighted by Crippen LogP contribution is 2.34. The van der Waals surface area contributed by atoms with Crippen molar-refractivity contribution in [1.29, 1.82) is 0 Å². The Kier molecular flexibility index (Phi) is 7.81. The molecule has 174 valence electrons. The quantitative estimate of drug-likeness (QED) is 0.548. The summed E-state index contributed by atoms with van der Waals surface area (Å²) in [6.07, 6.45) is 1.61. The molecule has 3 amide bonds. The molecule has 1 aliphatic heterocycles. The molecule has 1 fully saturated rings. The van der Waals surface area contributed by atoms with Gasteiger partial charge in [-0.1, -0.05) is 32.0 Å². The van der Waals surface area contributed by atoms with Gasteiger partial charge in [0.1, 0.15) is 6.54 Å². The zero-order valence-corrected chi connectivity index (χ0v) is 20.2. The highest BCUT2D eigenvalue weighted by atomic mass is 32.2. The van der Waals surface area contributed by atoms with Gasteiger partial charge in [0.05, 0.1) is 18.6 Å². The molecule has 2 aromatic rings. The molecule has 1 aliphatic rings. The minimum Gasteiger partial charge on any atom is -0.493 e. The number of carbonyl (C=O) groups excluding carboxylic acids is 3. The summed E-state index contributed by atoms with van der Waals surface area (Å²) in [6, 6.07) is 11.0. The minimum absolute atomic E-state index is 0.248. The van der Waals surface area contributed by atoms with Gasteiger partial charge in [0.25, 0.3) is 11.1 Å². The number of hydrogen-bond acceptors (Lipinski definition) is 6. The number of methoxy groups -OCH3 is 1. The zero-order valence-electron chi connectivity index (χ0n) is 19.4. The lowest BCUT2D eigenvalue weighted by molar-refractivity contribution is -0.127. The lowest BCUT2D eigenvalue weighted by atomic mass is 10.1. The predicted octanol–water partition coefficient (Wildman–Crippen LogP) is 5.02. The summed E-state index contributed by atoms with van der Waals surface area (Å²) in [6.45, 7) is 8.12. The van der Waals surface area contributed by atoms with Gasteiger partial charge in [-0.05, 0) is 72.5 Å². The minimum atomic E-state index is -0.500. The Hall–Kier alpha value is -3.26. The largest absolute Gasteiger partial charge is 0.493 e. The Labute approximate surface area is 198 Å². The van der Waals surface area contributed by atoms with Crippen molar-refractivity contribution in [2.45, 2.75) is 27.7 Å². The van der Waals surface area contributed by atoms with Crippen LogP contribution in [0.25, 0.3) is 6.08 Å². The van der Waals surface area contributed by atoms with E-state index in [1.807, 2.05) is 32.0 Å². The Morgan fingerprint density at radius 3 is 2.58 bits per heavy atom. The number of thioether (sulfide) groups is 1. The molecule has 0 radical (unpaired) electrons. The van der Waals surface area contributed by atoms with Gasteiger partial charge in [-0.15, -0.1) is 0 Å². The number of imide groups is 1. The maximum atomic E-state index is 12.8. The third kappa shape index (κ3) is 6.16. The molecule has 0 aromatic heterocycles. The van der Waals surface area contributed by atoms with Crippen molar-refractivity contribution in [2.75, 3.05) is 25.6 Å². The Bertz CT molecular complexity index is 1110. The summed E-state index contributed by atoms with van der Waals surface area (Å²) in [5, 5.41) is 2.30. The number of nitrogens with zero attached hydrogens (tertiary/aromatic N) is 1. The fourth-order valence-corrected chi connectivity index (χ4v) is 3.98. The van der Waals surface area contributed by atoms with E-state index in [9.17, 15) is 14.4 Å². The highest BCUT2D eigenvalue weighted by Gasteiger charge is 2.36. The maximum absolute atomic E-state index is 12.8. The Morgan fingerprint density at radius 1 is 1.12 bits per heavy atom. The zero-order chi connectivity index (χ0) is 24.1. The molecule has 1 N–H and O–H groups in total. The van der Waals surface area contributed by atoms with Gasteiger partial charge in [-0.3, -0.25) is 19.3 Å². The van der Waals surface area contributed by atoms with Gasteiger partial charge in [0.15, 0.2) is 11.5 Å². The summed E-state index contributed by atoms with van der Waals surface area (Å²) in [5.74, 6) is 0.588. The van der Waals surface area contributed by atoms with E-state index in [1.54, 1.807) is 31.4 Å². The third-order valence-electron chi connectivity index (χ3n) is 4.90. The number of amides is 3. The summed E-state index contributed by atoms with van der Waals surface area (Å²) in [4.78, 5) is 38.9. The van der Waals surface area contributed by atoms with E-state index in [2.05, 4.69) is 19.2 Å². The smallest absolute Gasteiger partial charge is 0.294 e. The lowest BCUT2D eigenvalue weighted by Gasteiger charge is -2.14. The molecule has 0 aliphatic carbocycles. The van der Waals surface area contributed by atoms with Crippen molar-refractivity contribution < 1.29 is 23.9 Å². The first kappa shape index (κ1) is 24.4. The van der Waals surface area contributed by atoms with Gasteiger partial charge in [0.2, 0.25) is 5.91 Å². The van der Waals surface area contributed by atoms with Gasteiger partial charge >= 0.3 is 0 Å². The molecule has 7 nitrogen and oxygen atoms in total. The first-order chi connectivity index (χ1) is 15.7. The SMILES string of the molecule is COc1cc(/C=C2\SC(=O)N(CC(=O)Nc3cc(C)ccc3C)C2=O)ccc1OCC(C)C. The molecule has 8 heteroatoms. The molecule has 0 unspecified atom stereocenters. The second kappa shape index (κ2) is 10.6. The molecule has 0 spiro atoms. The first-order valence-electron chi connectivity index (χ1n) is 10.6. The van der Waals surface area contributed by atoms with E-state index in [0.717, 1.165) is 27.8 Å². The fraction of sp³-hybridized carbons (Fsp3) is 0.320. The standard InChI is InChI=1S/C25H28N2O5S/c1-15(2)14-32-20-9-8-18(11-21(20)31-5)12-22-24(29)27(25(30)33-22)13-23(28)26-19-10-16(3)6-7-17(19)4/h6-12,15H,13-14H2,1-5H3,(H,26,28)/b22-12-. The van der Waals surface area contributed by atoms with Crippen LogP contribution in [0.1, 0.15) is 30.5 Å². The van der Waals surface area contributed by atoms with Crippen LogP contribution < -0.4 is 14.8 Å². The number of hydrogen-bond donors (Lipinski definition) is 1. The summed E-state index contributed by atoms with van der Waals surface area (Å²) < 4.78 is 11.2. The maximum Gasteiger partial charge on any atom is 0.294 e. The third-order valence-corrected chi connectivity index (χ3v) is 5.81. The number of aryl methyl sites for hydroxylation is 2. The molecule has 2 aromatic carbocycles. The number of carbonyl (C=O) groups is 3. The lowest BCUT2D eigenvalue weighted by Crippen LogP contribution is -2.36. The van der Waals surface area contributed by atoms with Gasteiger partial charge in [0, 0.05) is 5.69 Å². The Morgan fingerprint density at radius 2 is 1.88 bits per heavy atom. The molecular formula is C25H28N2O5S. The predicted molar refractivity (Wildman–Crippen MR) is 131 cm³/mol. The van der Waals surface area contributed by atoms with Crippen LogP contribution in [0.2, 0.25) is 0 Å². The fourth-order valence-electron chi connectivity index (χ4n) is 3.14. The summed E-state index contributed by atoms with van der Waals surface area (Å²) >= 11 is 0.809. The average Bonchev–Trinajstić information content (AvgIpc) is 3.02. The second-order valence-corrected chi connectivity index (χ2v) is 9.24. The van der Waals surface area contributed by atoms with E-state index in [1.165, 1.54) is 0 Å². The highest BCUT2D eigenvalue weighted by molar-refractivity contribution is 8.18. The molecule has 33 heavy (non-hydrogen) atoms. The van der Waals surface area contributed by atoms with Crippen LogP contribution in [0, 0.1) is 19.8 Å². The van der Waals surface area contributed by atoms with Crippen molar-refractivity contribution in [3.8, 4) is 11.5 Å². The van der Waals surface area contributed by atoms with E-state index in [0.29, 0.717) is 35.3 Å². The van der Waals surface area contributed by atoms with Crippen LogP contribution in [0.5, 0.6) is 11.5 Å². The second-order valence-electron chi connectivity index (χ2n) is 8.25. The number of ether oxygens (including phenoxy) is 2. The van der Waals surface area contributed by atoms with Crippen molar-refractivity contribution in [3.63, 3.8) is 0 Å². The summed E-state index contributed by atoms with van der Waals surface area (Å²) in [5.41, 5.74) is 3.25. The van der Waals surface area contributed by atoms with E-state index in [4.69, 9.17) is 9.47 Å². The van der Waals surface area contributed by atoms with Crippen molar-refractivity contribution in [3.05, 3.63) is 58.0 Å². The van der Waals surface area contributed by atoms with Crippen molar-refractivity contribution in [1.82, 2.24) is 4.90 Å². The van der Waals surface area contributed by atoms with Crippen LogP contribution in [-0.2, 0) is 9.59 Å². The van der Waals surface area contributed by atoms with E-state index >= 15 is 0 Å². The number of rotatable bonds is 8. The van der Waals surface area contributed by atoms with Gasteiger partial charge in [-0.2, -0.15) is 0 Å². The molecule has 1 heterocycles. The Balaban J connectivity index is 1.71. The molecular weight excluding hydrogens is 440 g/mol. The monoisotopic (exact) mass is 468 g/mol. The van der Waals surface area contributed by atoms with Crippen LogP contribution >= 0.6 is 11.8 Å². The summed E-state index contributed by atoms with van der Waals surface area (Å²) in [7, 11) is 1.55. The topological polar surface area (TPSA) is 84.9 Å². The van der Waals surface area contributed by atoms with Crippen molar-refractivity contribution >= 4 is 40.6 Å². The van der Waals surface area contributed by atoms with Crippen LogP contribution in [0.15, 0.2) is 41.3 Å². The average molecular weight is 469 g/mol. The van der Waals surface area contributed by atoms with Crippen LogP contribution in [0.4, 0.5) is 10.5 Å². The first-order valence-corrected chi connectivity index (χ1v) is 11.4. The van der Waals surface area contributed by atoms with Crippen LogP contribution in [-0.4, -0.2) is 42.2 Å². The van der Waals surface area contributed by atoms with Crippen molar-refractivity contribution in [2.24, 2.45) is 5.92 Å². The van der Waals surface area contributed by atoms with E-state index in [-0.39, 0.29) is 11.4 Å². The number of nitrogens with one attached hydrogen (secondary N) is 1. The normalized spacial score (nSPS) is 14.8. The number of benzene rings is 2. The van der Waals surface area contributed by atoms with Crippen LogP contribution in [0.3, 0.4) is 0 Å². The molecule has 3 rings (SSSR count). The molecule has 0 bridgehead atoms. The molecule has 0 atom stereocenters. The number of anilines is 1. The van der Waals surface area contributed by atoms with Gasteiger partial charge in [-0.25, -0.2) is 0 Å². The molecule has 0 saturated carbocycles. The molecule has 1 saturated heterocycles.